The molecular formula is C9H17O2. The Morgan fingerprint density at radius 3 is 2.64 bits per heavy atom. The molecule has 0 fully saturated rings. The second kappa shape index (κ2) is 7.58. The molecule has 0 unspecified atom stereocenters. The summed E-state index contributed by atoms with van der Waals surface area (Å²) in [5.74, 6) is -0.697. The Bertz CT molecular complexity index is 99.7. The van der Waals surface area contributed by atoms with E-state index < -0.39 is 5.97 Å². The van der Waals surface area contributed by atoms with Crippen molar-refractivity contribution < 1.29 is 9.90 Å². The number of carboxylic acid groups (broad SMARTS) is 1. The first-order valence-corrected chi connectivity index (χ1v) is 4.30. The maximum atomic E-state index is 10.1. The summed E-state index contributed by atoms with van der Waals surface area (Å²) in [7, 11) is 0. The van der Waals surface area contributed by atoms with Crippen LogP contribution in [0.1, 0.15) is 45.4 Å². The molecule has 0 spiro atoms. The van der Waals surface area contributed by atoms with Crippen molar-refractivity contribution in [2.24, 2.45) is 0 Å². The Morgan fingerprint density at radius 2 is 2.09 bits per heavy atom. The van der Waals surface area contributed by atoms with E-state index in [0.717, 1.165) is 12.8 Å². The predicted octanol–water partition coefficient (Wildman–Crippen LogP) is 2.64. The van der Waals surface area contributed by atoms with Gasteiger partial charge in [-0.2, -0.15) is 0 Å². The molecule has 0 bridgehead atoms. The van der Waals surface area contributed by atoms with Crippen molar-refractivity contribution in [2.75, 3.05) is 0 Å². The summed E-state index contributed by atoms with van der Waals surface area (Å²) in [6, 6.07) is 0. The number of aliphatic carboxylic acids is 1. The topological polar surface area (TPSA) is 37.3 Å². The monoisotopic (exact) mass is 157 g/mol. The van der Waals surface area contributed by atoms with Crippen molar-refractivity contribution in [3.05, 3.63) is 6.42 Å². The van der Waals surface area contributed by atoms with Gasteiger partial charge >= 0.3 is 5.97 Å². The smallest absolute Gasteiger partial charge is 0.303 e. The lowest BCUT2D eigenvalue weighted by Gasteiger charge is -1.96. The van der Waals surface area contributed by atoms with E-state index in [1.807, 2.05) is 0 Å². The van der Waals surface area contributed by atoms with Gasteiger partial charge in [-0.1, -0.05) is 32.6 Å². The molecule has 0 saturated heterocycles. The van der Waals surface area contributed by atoms with Gasteiger partial charge in [-0.25, -0.2) is 0 Å². The van der Waals surface area contributed by atoms with Gasteiger partial charge in [0, 0.05) is 6.42 Å². The summed E-state index contributed by atoms with van der Waals surface area (Å²) < 4.78 is 0. The van der Waals surface area contributed by atoms with Gasteiger partial charge in [-0.3, -0.25) is 4.79 Å². The van der Waals surface area contributed by atoms with Crippen molar-refractivity contribution in [3.8, 4) is 0 Å². The van der Waals surface area contributed by atoms with Crippen LogP contribution in [0.3, 0.4) is 0 Å². The van der Waals surface area contributed by atoms with Crippen molar-refractivity contribution in [1.29, 1.82) is 0 Å². The standard InChI is InChI=1S/C9H17O2/c1-2-3-4-5-6-7-8-9(10)11/h6H,2-5,7-8H2,1H3,(H,10,11). The van der Waals surface area contributed by atoms with Crippen LogP contribution in [0.15, 0.2) is 0 Å². The Hall–Kier alpha value is -0.530. The zero-order valence-corrected chi connectivity index (χ0v) is 7.18. The highest BCUT2D eigenvalue weighted by Gasteiger charge is 1.95. The Labute approximate surface area is 68.6 Å². The normalized spacial score (nSPS) is 9.91. The van der Waals surface area contributed by atoms with Crippen LogP contribution in [-0.2, 0) is 4.79 Å². The minimum Gasteiger partial charge on any atom is -0.481 e. The number of hydrogen-bond acceptors (Lipinski definition) is 1. The molecule has 0 amide bonds. The summed E-state index contributed by atoms with van der Waals surface area (Å²) in [5, 5.41) is 8.30. The third kappa shape index (κ3) is 9.47. The highest BCUT2D eigenvalue weighted by Crippen LogP contribution is 2.05. The minimum atomic E-state index is -0.697. The van der Waals surface area contributed by atoms with Gasteiger partial charge in [0.25, 0.3) is 0 Å². The van der Waals surface area contributed by atoms with Crippen LogP contribution in [-0.4, -0.2) is 11.1 Å². The maximum absolute atomic E-state index is 10.1. The van der Waals surface area contributed by atoms with Crippen LogP contribution in [0.4, 0.5) is 0 Å². The molecule has 0 aliphatic heterocycles. The first kappa shape index (κ1) is 10.5. The number of carboxylic acids is 1. The quantitative estimate of drug-likeness (QED) is 0.577. The van der Waals surface area contributed by atoms with Gasteiger partial charge in [0.1, 0.15) is 0 Å². The maximum Gasteiger partial charge on any atom is 0.303 e. The molecule has 1 radical (unpaired) electrons. The van der Waals surface area contributed by atoms with Crippen LogP contribution in [0.2, 0.25) is 0 Å². The molecule has 0 saturated carbocycles. The molecule has 0 atom stereocenters. The highest BCUT2D eigenvalue weighted by molar-refractivity contribution is 5.66. The van der Waals surface area contributed by atoms with E-state index in [0.29, 0.717) is 0 Å². The van der Waals surface area contributed by atoms with Crippen molar-refractivity contribution in [1.82, 2.24) is 0 Å². The van der Waals surface area contributed by atoms with Gasteiger partial charge in [0.05, 0.1) is 0 Å². The van der Waals surface area contributed by atoms with Crippen molar-refractivity contribution >= 4 is 5.97 Å². The van der Waals surface area contributed by atoms with E-state index >= 15 is 0 Å². The Balaban J connectivity index is 2.85. The predicted molar refractivity (Wildman–Crippen MR) is 45.3 cm³/mol. The van der Waals surface area contributed by atoms with Crippen molar-refractivity contribution in [3.63, 3.8) is 0 Å². The largest absolute Gasteiger partial charge is 0.481 e. The lowest BCUT2D eigenvalue weighted by atomic mass is 10.1. The van der Waals surface area contributed by atoms with Crippen LogP contribution >= 0.6 is 0 Å². The van der Waals surface area contributed by atoms with E-state index in [-0.39, 0.29) is 6.42 Å². The summed E-state index contributed by atoms with van der Waals surface area (Å²) in [6.07, 6.45) is 7.84. The Kier molecular flexibility index (Phi) is 7.21. The van der Waals surface area contributed by atoms with Crippen LogP contribution in [0.25, 0.3) is 0 Å². The molecule has 0 aliphatic carbocycles. The van der Waals surface area contributed by atoms with E-state index in [2.05, 4.69) is 13.3 Å². The average molecular weight is 157 g/mol. The van der Waals surface area contributed by atoms with Gasteiger partial charge in [0.15, 0.2) is 0 Å². The molecule has 65 valence electrons. The molecule has 0 aliphatic rings. The van der Waals surface area contributed by atoms with E-state index in [1.165, 1.54) is 19.3 Å². The van der Waals surface area contributed by atoms with Gasteiger partial charge < -0.3 is 5.11 Å². The van der Waals surface area contributed by atoms with Gasteiger partial charge in [0.2, 0.25) is 0 Å². The van der Waals surface area contributed by atoms with Gasteiger partial charge in [-0.05, 0) is 12.8 Å². The van der Waals surface area contributed by atoms with Crippen LogP contribution in [0.5, 0.6) is 0 Å². The lowest BCUT2D eigenvalue weighted by Crippen LogP contribution is -1.93. The first-order valence-electron chi connectivity index (χ1n) is 4.30. The molecule has 11 heavy (non-hydrogen) atoms. The highest BCUT2D eigenvalue weighted by atomic mass is 16.4. The van der Waals surface area contributed by atoms with Gasteiger partial charge in [-0.15, -0.1) is 0 Å². The van der Waals surface area contributed by atoms with Crippen molar-refractivity contribution in [2.45, 2.75) is 45.4 Å². The number of unbranched alkanes of at least 4 members (excludes halogenated alkanes) is 5. The number of carbonyl (C=O) groups is 1. The van der Waals surface area contributed by atoms with E-state index in [1.54, 1.807) is 0 Å². The molecule has 0 aromatic heterocycles. The lowest BCUT2D eigenvalue weighted by molar-refractivity contribution is -0.136. The summed E-state index contributed by atoms with van der Waals surface area (Å²) in [4.78, 5) is 10.1. The minimum absolute atomic E-state index is 0.284. The third-order valence-electron chi connectivity index (χ3n) is 1.57. The molecule has 1 N–H and O–H groups in total. The molecule has 2 nitrogen and oxygen atoms in total. The summed E-state index contributed by atoms with van der Waals surface area (Å²) >= 11 is 0. The fourth-order valence-electron chi connectivity index (χ4n) is 0.909. The molecule has 0 rings (SSSR count). The molecule has 2 heteroatoms. The molecule has 0 aromatic carbocycles. The summed E-state index contributed by atoms with van der Waals surface area (Å²) in [6.45, 7) is 2.16. The average Bonchev–Trinajstić information content (AvgIpc) is 1.96. The van der Waals surface area contributed by atoms with E-state index in [9.17, 15) is 4.79 Å². The molecular weight excluding hydrogens is 140 g/mol. The zero-order valence-electron chi connectivity index (χ0n) is 7.18. The van der Waals surface area contributed by atoms with Crippen LogP contribution in [0, 0.1) is 6.42 Å². The zero-order chi connectivity index (χ0) is 8.53. The van der Waals surface area contributed by atoms with Crippen LogP contribution < -0.4 is 0 Å². The second-order valence-electron chi connectivity index (χ2n) is 2.72. The number of rotatable bonds is 7. The molecule has 0 heterocycles. The first-order chi connectivity index (χ1) is 5.27. The molecule has 0 aromatic rings. The third-order valence-corrected chi connectivity index (χ3v) is 1.57. The van der Waals surface area contributed by atoms with E-state index in [4.69, 9.17) is 5.11 Å². The fraction of sp³-hybridized carbons (Fsp3) is 0.778. The fourth-order valence-corrected chi connectivity index (χ4v) is 0.909. The Morgan fingerprint density at radius 1 is 1.36 bits per heavy atom. The summed E-state index contributed by atoms with van der Waals surface area (Å²) in [5.41, 5.74) is 0. The second-order valence-corrected chi connectivity index (χ2v) is 2.72. The number of hydrogen-bond donors (Lipinski definition) is 1. The SMILES string of the molecule is CCCCC[CH]CCC(=O)O.